The van der Waals surface area contributed by atoms with Crippen LogP contribution in [-0.4, -0.2) is 41.1 Å². The molecule has 0 spiro atoms. The van der Waals surface area contributed by atoms with Gasteiger partial charge < -0.3 is 18.9 Å². The van der Waals surface area contributed by atoms with E-state index in [-0.39, 0.29) is 18.2 Å². The van der Waals surface area contributed by atoms with Crippen LogP contribution in [0.3, 0.4) is 0 Å². The summed E-state index contributed by atoms with van der Waals surface area (Å²) < 4.78 is 23.8. The maximum absolute atomic E-state index is 12.9. The fourth-order valence-corrected chi connectivity index (χ4v) is 3.91. The first-order valence-corrected chi connectivity index (χ1v) is 11.7. The van der Waals surface area contributed by atoms with Crippen molar-refractivity contribution in [1.29, 1.82) is 0 Å². The third-order valence-electron chi connectivity index (χ3n) is 5.51. The highest BCUT2D eigenvalue weighted by Gasteiger charge is 2.46. The van der Waals surface area contributed by atoms with E-state index in [2.05, 4.69) is 6.92 Å². The van der Waals surface area contributed by atoms with Crippen LogP contribution in [0.4, 0.5) is 4.79 Å². The molecule has 6 heteroatoms. The Balaban J connectivity index is 1.64. The number of nitrogens with zero attached hydrogens (tertiary/aromatic N) is 1. The number of ether oxygens (including phenoxy) is 4. The predicted octanol–water partition coefficient (Wildman–Crippen LogP) is 6.19. The van der Waals surface area contributed by atoms with E-state index in [1.54, 1.807) is 4.90 Å². The molecule has 6 nitrogen and oxygen atoms in total. The second-order valence-electron chi connectivity index (χ2n) is 9.89. The summed E-state index contributed by atoms with van der Waals surface area (Å²) in [5.74, 6) is 1.50. The summed E-state index contributed by atoms with van der Waals surface area (Å²) >= 11 is 0. The molecule has 3 rings (SSSR count). The molecule has 1 aliphatic rings. The number of benzene rings is 2. The van der Waals surface area contributed by atoms with E-state index in [9.17, 15) is 4.79 Å². The normalized spacial score (nSPS) is 18.6. The van der Waals surface area contributed by atoms with Gasteiger partial charge in [0.25, 0.3) is 0 Å². The maximum Gasteiger partial charge on any atom is 0.412 e. The Hall–Kier alpha value is -2.73. The number of hydrogen-bond donors (Lipinski definition) is 0. The molecule has 0 radical (unpaired) electrons. The summed E-state index contributed by atoms with van der Waals surface area (Å²) in [7, 11) is 0. The van der Waals surface area contributed by atoms with E-state index in [4.69, 9.17) is 18.9 Å². The van der Waals surface area contributed by atoms with E-state index in [0.717, 1.165) is 23.5 Å². The summed E-state index contributed by atoms with van der Waals surface area (Å²) in [6.45, 7) is 12.4. The third-order valence-corrected chi connectivity index (χ3v) is 5.51. The van der Waals surface area contributed by atoms with Crippen molar-refractivity contribution in [3.05, 3.63) is 60.2 Å². The monoisotopic (exact) mass is 455 g/mol. The molecule has 0 aromatic heterocycles. The first-order valence-electron chi connectivity index (χ1n) is 11.7. The fraction of sp³-hybridized carbons (Fsp3) is 0.519. The van der Waals surface area contributed by atoms with Crippen molar-refractivity contribution in [2.45, 2.75) is 84.5 Å². The lowest BCUT2D eigenvalue weighted by molar-refractivity contribution is -0.0635. The van der Waals surface area contributed by atoms with Gasteiger partial charge in [-0.15, -0.1) is 0 Å². The van der Waals surface area contributed by atoms with Crippen LogP contribution in [0.2, 0.25) is 0 Å². The van der Waals surface area contributed by atoms with Gasteiger partial charge in [0, 0.05) is 12.5 Å². The second kappa shape index (κ2) is 10.5. The van der Waals surface area contributed by atoms with Crippen molar-refractivity contribution >= 4 is 6.09 Å². The zero-order valence-corrected chi connectivity index (χ0v) is 20.7. The number of hydrogen-bond acceptors (Lipinski definition) is 5. The van der Waals surface area contributed by atoms with E-state index < -0.39 is 11.3 Å². The average molecular weight is 456 g/mol. The molecule has 0 aliphatic carbocycles. The summed E-state index contributed by atoms with van der Waals surface area (Å²) in [6.07, 6.45) is 1.01. The lowest BCUT2D eigenvalue weighted by Crippen LogP contribution is -2.50. The van der Waals surface area contributed by atoms with Gasteiger partial charge in [-0.1, -0.05) is 43.3 Å². The third kappa shape index (κ3) is 7.13. The van der Waals surface area contributed by atoms with Crippen LogP contribution >= 0.6 is 0 Å². The Labute approximate surface area is 197 Å². The van der Waals surface area contributed by atoms with Crippen LogP contribution in [-0.2, 0) is 16.1 Å². The topological polar surface area (TPSA) is 57.2 Å². The van der Waals surface area contributed by atoms with Gasteiger partial charge >= 0.3 is 6.09 Å². The molecule has 2 atom stereocenters. The fourth-order valence-electron chi connectivity index (χ4n) is 3.91. The molecule has 1 aliphatic heterocycles. The minimum atomic E-state index is -0.726. The largest absolute Gasteiger partial charge is 0.490 e. The van der Waals surface area contributed by atoms with Gasteiger partial charge in [-0.2, -0.15) is 0 Å². The number of amides is 1. The van der Waals surface area contributed by atoms with Gasteiger partial charge in [-0.05, 0) is 58.7 Å². The minimum absolute atomic E-state index is 0.0817. The number of carbonyl (C=O) groups is 1. The van der Waals surface area contributed by atoms with Crippen molar-refractivity contribution in [1.82, 2.24) is 4.90 Å². The minimum Gasteiger partial charge on any atom is -0.490 e. The Bertz CT molecular complexity index is 906. The van der Waals surface area contributed by atoms with Crippen LogP contribution in [0.15, 0.2) is 54.6 Å². The van der Waals surface area contributed by atoms with Gasteiger partial charge in [0.05, 0.1) is 12.6 Å². The molecule has 0 N–H and O–H groups in total. The van der Waals surface area contributed by atoms with Gasteiger partial charge in [-0.3, -0.25) is 4.90 Å². The van der Waals surface area contributed by atoms with Gasteiger partial charge in [0.1, 0.15) is 35.5 Å². The lowest BCUT2D eigenvalue weighted by Gasteiger charge is -2.36. The smallest absolute Gasteiger partial charge is 0.412 e. The second-order valence-corrected chi connectivity index (χ2v) is 9.89. The first kappa shape index (κ1) is 24.9. The van der Waals surface area contributed by atoms with Crippen LogP contribution in [0.25, 0.3) is 0 Å². The maximum atomic E-state index is 12.9. The average Bonchev–Trinajstić information content (AvgIpc) is 3.05. The van der Waals surface area contributed by atoms with Crippen LogP contribution in [0, 0.1) is 0 Å². The lowest BCUT2D eigenvalue weighted by atomic mass is 10.1. The SMILES string of the molecule is CC[C@@H](C[C@H]1COC(C)(C)N1C(=O)OC(C)(C)C)Oc1cccc(OCc2ccccc2)c1. The molecular weight excluding hydrogens is 418 g/mol. The molecule has 1 saturated heterocycles. The summed E-state index contributed by atoms with van der Waals surface area (Å²) in [4.78, 5) is 14.6. The number of rotatable bonds is 8. The van der Waals surface area contributed by atoms with Crippen molar-refractivity contribution in [2.24, 2.45) is 0 Å². The van der Waals surface area contributed by atoms with E-state index >= 15 is 0 Å². The molecule has 1 heterocycles. The zero-order valence-electron chi connectivity index (χ0n) is 20.7. The van der Waals surface area contributed by atoms with Crippen molar-refractivity contribution in [2.75, 3.05) is 6.61 Å². The molecule has 1 fully saturated rings. The van der Waals surface area contributed by atoms with Gasteiger partial charge in [0.2, 0.25) is 0 Å². The molecule has 0 saturated carbocycles. The first-order chi connectivity index (χ1) is 15.6. The van der Waals surface area contributed by atoms with E-state index in [1.165, 1.54) is 0 Å². The van der Waals surface area contributed by atoms with E-state index in [1.807, 2.05) is 89.2 Å². The highest BCUT2D eigenvalue weighted by atomic mass is 16.6. The standard InChI is InChI=1S/C27H37NO5/c1-7-22(16-21-19-31-27(5,6)28(21)25(29)33-26(2,3)4)32-24-15-11-14-23(17-24)30-18-20-12-9-8-10-13-20/h8-15,17,21-22H,7,16,18-19H2,1-6H3/t21-,22-/m0/s1. The Morgan fingerprint density at radius 2 is 1.82 bits per heavy atom. The molecule has 2 aromatic carbocycles. The molecule has 180 valence electrons. The van der Waals surface area contributed by atoms with Crippen molar-refractivity contribution < 1.29 is 23.7 Å². The van der Waals surface area contributed by atoms with Gasteiger partial charge in [0.15, 0.2) is 0 Å². The Morgan fingerprint density at radius 3 is 2.48 bits per heavy atom. The highest BCUT2D eigenvalue weighted by Crippen LogP contribution is 2.33. The number of carbonyl (C=O) groups excluding carboxylic acids is 1. The predicted molar refractivity (Wildman–Crippen MR) is 128 cm³/mol. The van der Waals surface area contributed by atoms with Crippen molar-refractivity contribution in [3.8, 4) is 11.5 Å². The summed E-state index contributed by atoms with van der Waals surface area (Å²) in [5.41, 5.74) is -0.182. The zero-order chi connectivity index (χ0) is 24.1. The molecule has 0 unspecified atom stereocenters. The van der Waals surface area contributed by atoms with Crippen molar-refractivity contribution in [3.63, 3.8) is 0 Å². The molecule has 0 bridgehead atoms. The van der Waals surface area contributed by atoms with Crippen LogP contribution in [0.5, 0.6) is 11.5 Å². The molecule has 33 heavy (non-hydrogen) atoms. The Kier molecular flexibility index (Phi) is 7.90. The van der Waals surface area contributed by atoms with Gasteiger partial charge in [-0.25, -0.2) is 4.79 Å². The highest BCUT2D eigenvalue weighted by molar-refractivity contribution is 5.69. The van der Waals surface area contributed by atoms with Crippen LogP contribution in [0.1, 0.15) is 59.9 Å². The van der Waals surface area contributed by atoms with E-state index in [0.29, 0.717) is 19.6 Å². The summed E-state index contributed by atoms with van der Waals surface area (Å²) in [6, 6.07) is 17.6. The molecule has 1 amide bonds. The van der Waals surface area contributed by atoms with Crippen LogP contribution < -0.4 is 9.47 Å². The summed E-state index contributed by atoms with van der Waals surface area (Å²) in [5, 5.41) is 0. The quantitative estimate of drug-likeness (QED) is 0.475. The molecule has 2 aromatic rings. The molecular formula is C27H37NO5. The Morgan fingerprint density at radius 1 is 1.12 bits per heavy atom.